The van der Waals surface area contributed by atoms with Gasteiger partial charge >= 0.3 is 5.97 Å². The summed E-state index contributed by atoms with van der Waals surface area (Å²) in [4.78, 5) is 48.7. The van der Waals surface area contributed by atoms with Gasteiger partial charge in [0.25, 0.3) is 17.5 Å². The molecule has 0 fully saturated rings. The minimum atomic E-state index is -0.689. The maximum Gasteiger partial charge on any atom is 0.341 e. The van der Waals surface area contributed by atoms with Crippen LogP contribution >= 0.6 is 11.3 Å². The maximum atomic E-state index is 12.9. The van der Waals surface area contributed by atoms with Crippen LogP contribution in [0, 0.1) is 24.0 Å². The number of amides is 2. The topological polar surface area (TPSA) is 137 Å². The maximum absolute atomic E-state index is 12.9. The molecule has 11 heteroatoms. The van der Waals surface area contributed by atoms with Gasteiger partial charge in [0, 0.05) is 17.8 Å². The van der Waals surface area contributed by atoms with Crippen LogP contribution in [0.1, 0.15) is 38.1 Å². The molecule has 2 amide bonds. The molecule has 3 rings (SSSR count). The Morgan fingerprint density at radius 1 is 1.06 bits per heavy atom. The average Bonchev–Trinajstić information content (AvgIpc) is 3.14. The second kappa shape index (κ2) is 11.3. The van der Waals surface area contributed by atoms with Crippen molar-refractivity contribution in [2.45, 2.75) is 20.8 Å². The molecule has 0 bridgehead atoms. The second-order valence-electron chi connectivity index (χ2n) is 7.34. The van der Waals surface area contributed by atoms with E-state index < -0.39 is 22.7 Å². The van der Waals surface area contributed by atoms with Crippen molar-refractivity contribution in [3.05, 3.63) is 80.2 Å². The number of anilines is 2. The van der Waals surface area contributed by atoms with E-state index in [1.165, 1.54) is 24.3 Å². The van der Waals surface area contributed by atoms with E-state index >= 15 is 0 Å². The van der Waals surface area contributed by atoms with Crippen LogP contribution in [0.25, 0.3) is 0 Å². The minimum Gasteiger partial charge on any atom is -0.483 e. The molecule has 1 heterocycles. The van der Waals surface area contributed by atoms with Gasteiger partial charge in [-0.05, 0) is 44.0 Å². The number of hydrogen-bond acceptors (Lipinski definition) is 8. The summed E-state index contributed by atoms with van der Waals surface area (Å²) in [6, 6.07) is 12.7. The molecule has 0 aliphatic rings. The molecular weight excluding hydrogens is 474 g/mol. The number of nitro benzene ring substituents is 1. The van der Waals surface area contributed by atoms with Crippen molar-refractivity contribution < 1.29 is 28.8 Å². The summed E-state index contributed by atoms with van der Waals surface area (Å²) in [5.74, 6) is -1.25. The molecule has 0 unspecified atom stereocenters. The van der Waals surface area contributed by atoms with Crippen LogP contribution in [0.3, 0.4) is 0 Å². The van der Waals surface area contributed by atoms with Crippen LogP contribution in [-0.2, 0) is 9.53 Å². The third kappa shape index (κ3) is 6.21. The summed E-state index contributed by atoms with van der Waals surface area (Å²) in [6.45, 7) is 4.85. The number of benzene rings is 2. The molecule has 3 aromatic rings. The highest BCUT2D eigenvalue weighted by atomic mass is 32.1. The lowest BCUT2D eigenvalue weighted by molar-refractivity contribution is -0.384. The summed E-state index contributed by atoms with van der Waals surface area (Å²) in [5.41, 5.74) is 1.27. The number of nitro groups is 1. The van der Waals surface area contributed by atoms with E-state index in [4.69, 9.17) is 9.47 Å². The first-order valence-corrected chi connectivity index (χ1v) is 11.4. The summed E-state index contributed by atoms with van der Waals surface area (Å²) in [6.07, 6.45) is 0. The first-order chi connectivity index (χ1) is 16.7. The first-order valence-electron chi connectivity index (χ1n) is 10.6. The second-order valence-corrected chi connectivity index (χ2v) is 8.37. The summed E-state index contributed by atoms with van der Waals surface area (Å²) >= 11 is 0.897. The fourth-order valence-corrected chi connectivity index (χ4v) is 4.28. The minimum absolute atomic E-state index is 0.0604. The molecule has 1 aromatic heterocycles. The number of carbonyl (C=O) groups excluding carboxylic acids is 3. The van der Waals surface area contributed by atoms with Gasteiger partial charge in [-0.15, -0.1) is 11.3 Å². The fourth-order valence-electron chi connectivity index (χ4n) is 3.18. The van der Waals surface area contributed by atoms with E-state index in [9.17, 15) is 24.5 Å². The first kappa shape index (κ1) is 25.4. The Morgan fingerprint density at radius 3 is 2.49 bits per heavy atom. The number of thiophene rings is 1. The monoisotopic (exact) mass is 497 g/mol. The number of para-hydroxylation sites is 1. The van der Waals surface area contributed by atoms with Gasteiger partial charge in [-0.2, -0.15) is 0 Å². The van der Waals surface area contributed by atoms with E-state index in [2.05, 4.69) is 10.6 Å². The normalized spacial score (nSPS) is 10.4. The number of ether oxygens (including phenoxy) is 2. The quantitative estimate of drug-likeness (QED) is 0.248. The van der Waals surface area contributed by atoms with Crippen LogP contribution in [0.15, 0.2) is 48.5 Å². The molecule has 0 saturated heterocycles. The van der Waals surface area contributed by atoms with Crippen LogP contribution in [-0.4, -0.2) is 35.9 Å². The highest BCUT2D eigenvalue weighted by Crippen LogP contribution is 2.34. The Kier molecular flexibility index (Phi) is 8.16. The largest absolute Gasteiger partial charge is 0.483 e. The molecule has 182 valence electrons. The number of aryl methyl sites for hydroxylation is 1. The van der Waals surface area contributed by atoms with E-state index in [-0.39, 0.29) is 40.0 Å². The van der Waals surface area contributed by atoms with Crippen LogP contribution in [0.2, 0.25) is 0 Å². The van der Waals surface area contributed by atoms with Crippen molar-refractivity contribution in [2.24, 2.45) is 0 Å². The van der Waals surface area contributed by atoms with Gasteiger partial charge in [-0.25, -0.2) is 4.79 Å². The summed E-state index contributed by atoms with van der Waals surface area (Å²) in [7, 11) is 0. The van der Waals surface area contributed by atoms with Gasteiger partial charge in [-0.1, -0.05) is 24.3 Å². The molecule has 0 radical (unpaired) electrons. The van der Waals surface area contributed by atoms with Crippen molar-refractivity contribution >= 4 is 45.5 Å². The zero-order valence-corrected chi connectivity index (χ0v) is 20.1. The SMILES string of the molecule is CCOC(=O)c1c(NC(=O)COc2ccccc2C)sc(C(=O)Nc2cccc([N+](=O)[O-])c2)c1C. The summed E-state index contributed by atoms with van der Waals surface area (Å²) in [5, 5.41) is 16.4. The van der Waals surface area contributed by atoms with Crippen molar-refractivity contribution in [2.75, 3.05) is 23.8 Å². The lowest BCUT2D eigenvalue weighted by atomic mass is 10.1. The Labute approximate surface area is 205 Å². The van der Waals surface area contributed by atoms with Crippen LogP contribution in [0.5, 0.6) is 5.75 Å². The fraction of sp³-hybridized carbons (Fsp3) is 0.208. The third-order valence-electron chi connectivity index (χ3n) is 4.85. The molecular formula is C24H23N3O7S. The summed E-state index contributed by atoms with van der Waals surface area (Å²) < 4.78 is 10.7. The Morgan fingerprint density at radius 2 is 1.80 bits per heavy atom. The molecule has 0 aliphatic carbocycles. The number of hydrogen-bond donors (Lipinski definition) is 2. The van der Waals surface area contributed by atoms with E-state index in [1.807, 2.05) is 19.1 Å². The number of esters is 1. The van der Waals surface area contributed by atoms with Gasteiger partial charge in [0.1, 0.15) is 10.8 Å². The standard InChI is InChI=1S/C24H23N3O7S/c1-4-33-24(30)20-15(3)21(22(29)25-16-9-7-10-17(12-16)27(31)32)35-23(20)26-19(28)13-34-18-11-6-5-8-14(18)2/h5-12H,4,13H2,1-3H3,(H,25,29)(H,26,28). The molecule has 0 atom stereocenters. The molecule has 2 N–H and O–H groups in total. The van der Waals surface area contributed by atoms with E-state index in [0.29, 0.717) is 11.3 Å². The smallest absolute Gasteiger partial charge is 0.341 e. The number of nitrogens with one attached hydrogen (secondary N) is 2. The number of carbonyl (C=O) groups is 3. The molecule has 0 saturated carbocycles. The van der Waals surface area contributed by atoms with Crippen LogP contribution in [0.4, 0.5) is 16.4 Å². The third-order valence-corrected chi connectivity index (χ3v) is 6.06. The van der Waals surface area contributed by atoms with Crippen molar-refractivity contribution in [3.8, 4) is 5.75 Å². The Bertz CT molecular complexity index is 1290. The van der Waals surface area contributed by atoms with E-state index in [1.54, 1.807) is 26.0 Å². The van der Waals surface area contributed by atoms with E-state index in [0.717, 1.165) is 16.9 Å². The zero-order chi connectivity index (χ0) is 25.5. The van der Waals surface area contributed by atoms with Gasteiger partial charge in [0.05, 0.1) is 22.0 Å². The van der Waals surface area contributed by atoms with Gasteiger partial charge in [0.15, 0.2) is 6.61 Å². The molecule has 2 aromatic carbocycles. The Balaban J connectivity index is 1.83. The van der Waals surface area contributed by atoms with Crippen molar-refractivity contribution in [3.63, 3.8) is 0 Å². The highest BCUT2D eigenvalue weighted by Gasteiger charge is 2.27. The van der Waals surface area contributed by atoms with Crippen molar-refractivity contribution in [1.82, 2.24) is 0 Å². The van der Waals surface area contributed by atoms with Gasteiger partial charge in [0.2, 0.25) is 0 Å². The molecule has 35 heavy (non-hydrogen) atoms. The molecule has 0 spiro atoms. The average molecular weight is 498 g/mol. The Hall–Kier alpha value is -4.25. The highest BCUT2D eigenvalue weighted by molar-refractivity contribution is 7.19. The number of rotatable bonds is 9. The number of nitrogens with zero attached hydrogens (tertiary/aromatic N) is 1. The van der Waals surface area contributed by atoms with Gasteiger partial charge in [-0.3, -0.25) is 19.7 Å². The van der Waals surface area contributed by atoms with Gasteiger partial charge < -0.3 is 20.1 Å². The zero-order valence-electron chi connectivity index (χ0n) is 19.2. The molecule has 10 nitrogen and oxygen atoms in total. The predicted molar refractivity (Wildman–Crippen MR) is 131 cm³/mol. The van der Waals surface area contributed by atoms with Crippen molar-refractivity contribution in [1.29, 1.82) is 0 Å². The number of non-ortho nitro benzene ring substituents is 1. The van der Waals surface area contributed by atoms with Crippen LogP contribution < -0.4 is 15.4 Å². The lowest BCUT2D eigenvalue weighted by Gasteiger charge is -2.10. The molecule has 0 aliphatic heterocycles. The predicted octanol–water partition coefficient (Wildman–Crippen LogP) is 4.72. The lowest BCUT2D eigenvalue weighted by Crippen LogP contribution is -2.21.